The topological polar surface area (TPSA) is 62.3 Å². The number of ether oxygens (including phenoxy) is 2. The van der Waals surface area contributed by atoms with E-state index in [0.29, 0.717) is 39.1 Å². The number of esters is 2. The molecule has 136 valence electrons. The molecule has 0 aromatic carbocycles. The Labute approximate surface area is 140 Å². The van der Waals surface area contributed by atoms with Gasteiger partial charge in [0.25, 0.3) is 0 Å². The van der Waals surface area contributed by atoms with E-state index in [-0.39, 0.29) is 11.9 Å². The lowest BCUT2D eigenvalue weighted by Crippen LogP contribution is -2.30. The molecule has 0 N–H and O–H groups in total. The summed E-state index contributed by atoms with van der Waals surface area (Å²) in [6.07, 6.45) is 0.688. The molecule has 0 amide bonds. The molecule has 23 heavy (non-hydrogen) atoms. The van der Waals surface area contributed by atoms with Gasteiger partial charge in [0.05, 0.1) is 12.8 Å². The lowest BCUT2D eigenvalue weighted by Gasteiger charge is -2.19. The fraction of sp³-hybridized carbons (Fsp3) is 0.875. The van der Waals surface area contributed by atoms with E-state index >= 15 is 0 Å². The van der Waals surface area contributed by atoms with Gasteiger partial charge in [0, 0.05) is 26.2 Å². The maximum atomic E-state index is 11.6. The predicted octanol–water partition coefficient (Wildman–Crippen LogP) is 0.298. The molecule has 0 unspecified atom stereocenters. The Kier molecular flexibility index (Phi) is 12.6. The van der Waals surface area contributed by atoms with Crippen molar-refractivity contribution in [2.24, 2.45) is 0 Å². The SMILES string of the molecule is CCN(CCC(=O)OCCN(C)C)CCC(=O)OCCN(C)C. The van der Waals surface area contributed by atoms with Crippen LogP contribution < -0.4 is 0 Å². The quantitative estimate of drug-likeness (QED) is 0.450. The second-order valence-corrected chi connectivity index (χ2v) is 5.98. The average molecular weight is 331 g/mol. The molecule has 0 radical (unpaired) electrons. The molecule has 0 saturated heterocycles. The van der Waals surface area contributed by atoms with Crippen molar-refractivity contribution in [1.82, 2.24) is 14.7 Å². The van der Waals surface area contributed by atoms with Gasteiger partial charge in [-0.2, -0.15) is 0 Å². The predicted molar refractivity (Wildman–Crippen MR) is 90.4 cm³/mol. The van der Waals surface area contributed by atoms with Crippen molar-refractivity contribution in [2.45, 2.75) is 19.8 Å². The number of hydrogen-bond donors (Lipinski definition) is 0. The van der Waals surface area contributed by atoms with Crippen LogP contribution in [0.25, 0.3) is 0 Å². The molecule has 0 saturated carbocycles. The molecular formula is C16H33N3O4. The average Bonchev–Trinajstić information content (AvgIpc) is 2.46. The number of carbonyl (C=O) groups is 2. The minimum atomic E-state index is -0.196. The molecule has 0 bridgehead atoms. The van der Waals surface area contributed by atoms with Gasteiger partial charge in [0.1, 0.15) is 13.2 Å². The van der Waals surface area contributed by atoms with E-state index in [1.165, 1.54) is 0 Å². The lowest BCUT2D eigenvalue weighted by atomic mass is 10.3. The first-order valence-electron chi connectivity index (χ1n) is 8.18. The molecule has 0 aromatic rings. The molecule has 0 aliphatic heterocycles. The molecule has 0 spiro atoms. The van der Waals surface area contributed by atoms with Crippen LogP contribution in [0.4, 0.5) is 0 Å². The normalized spacial score (nSPS) is 11.3. The maximum absolute atomic E-state index is 11.6. The first-order chi connectivity index (χ1) is 10.8. The standard InChI is InChI=1S/C16H33N3O4/c1-6-19(9-7-15(20)22-13-11-17(2)3)10-8-16(21)23-14-12-18(4)5/h6-14H2,1-5H3. The largest absolute Gasteiger partial charge is 0.464 e. The molecule has 0 aliphatic carbocycles. The van der Waals surface area contributed by atoms with Crippen molar-refractivity contribution >= 4 is 11.9 Å². The summed E-state index contributed by atoms with van der Waals surface area (Å²) in [6, 6.07) is 0. The Balaban J connectivity index is 3.80. The van der Waals surface area contributed by atoms with Gasteiger partial charge in [-0.1, -0.05) is 6.92 Å². The number of rotatable bonds is 13. The van der Waals surface area contributed by atoms with Crippen molar-refractivity contribution in [3.05, 3.63) is 0 Å². The summed E-state index contributed by atoms with van der Waals surface area (Å²) in [5, 5.41) is 0. The third-order valence-electron chi connectivity index (χ3n) is 3.31. The van der Waals surface area contributed by atoms with Crippen LogP contribution in [0.1, 0.15) is 19.8 Å². The third-order valence-corrected chi connectivity index (χ3v) is 3.31. The Hall–Kier alpha value is -1.18. The van der Waals surface area contributed by atoms with E-state index in [9.17, 15) is 9.59 Å². The lowest BCUT2D eigenvalue weighted by molar-refractivity contribution is -0.144. The highest BCUT2D eigenvalue weighted by atomic mass is 16.5. The van der Waals surface area contributed by atoms with Crippen LogP contribution in [0.2, 0.25) is 0 Å². The molecule has 0 aliphatic rings. The van der Waals surface area contributed by atoms with E-state index in [1.54, 1.807) is 0 Å². The maximum Gasteiger partial charge on any atom is 0.307 e. The van der Waals surface area contributed by atoms with Gasteiger partial charge in [-0.15, -0.1) is 0 Å². The molecule has 7 nitrogen and oxygen atoms in total. The molecule has 0 heterocycles. The van der Waals surface area contributed by atoms with Crippen LogP contribution in [0, 0.1) is 0 Å². The van der Waals surface area contributed by atoms with Crippen LogP contribution in [0.15, 0.2) is 0 Å². The summed E-state index contributed by atoms with van der Waals surface area (Å²) in [7, 11) is 7.74. The zero-order valence-electron chi connectivity index (χ0n) is 15.3. The van der Waals surface area contributed by atoms with E-state index in [2.05, 4.69) is 4.90 Å². The zero-order valence-corrected chi connectivity index (χ0v) is 15.3. The van der Waals surface area contributed by atoms with Gasteiger partial charge >= 0.3 is 11.9 Å². The van der Waals surface area contributed by atoms with Crippen molar-refractivity contribution < 1.29 is 19.1 Å². The smallest absolute Gasteiger partial charge is 0.307 e. The summed E-state index contributed by atoms with van der Waals surface area (Å²) >= 11 is 0. The summed E-state index contributed by atoms with van der Waals surface area (Å²) in [5.74, 6) is -0.391. The third kappa shape index (κ3) is 14.2. The fourth-order valence-electron chi connectivity index (χ4n) is 1.76. The molecule has 0 rings (SSSR count). The number of likely N-dealkylation sites (N-methyl/N-ethyl adjacent to an activating group) is 2. The first-order valence-corrected chi connectivity index (χ1v) is 8.18. The van der Waals surface area contributed by atoms with Gasteiger partial charge in [0.2, 0.25) is 0 Å². The Morgan fingerprint density at radius 3 is 1.43 bits per heavy atom. The molecular weight excluding hydrogens is 298 g/mol. The Morgan fingerprint density at radius 2 is 1.13 bits per heavy atom. The highest BCUT2D eigenvalue weighted by Crippen LogP contribution is 1.98. The Morgan fingerprint density at radius 1 is 0.739 bits per heavy atom. The minimum absolute atomic E-state index is 0.196. The van der Waals surface area contributed by atoms with Gasteiger partial charge in [-0.25, -0.2) is 0 Å². The second-order valence-electron chi connectivity index (χ2n) is 5.98. The summed E-state index contributed by atoms with van der Waals surface area (Å²) in [6.45, 7) is 6.27. The molecule has 0 atom stereocenters. The van der Waals surface area contributed by atoms with Gasteiger partial charge in [-0.05, 0) is 34.7 Å². The summed E-state index contributed by atoms with van der Waals surface area (Å²) in [4.78, 5) is 29.2. The Bertz CT molecular complexity index is 305. The van der Waals surface area contributed by atoms with E-state index in [4.69, 9.17) is 9.47 Å². The molecule has 0 aromatic heterocycles. The van der Waals surface area contributed by atoms with E-state index in [0.717, 1.165) is 19.6 Å². The van der Waals surface area contributed by atoms with Crippen LogP contribution in [0.5, 0.6) is 0 Å². The number of hydrogen-bond acceptors (Lipinski definition) is 7. The second kappa shape index (κ2) is 13.3. The number of carbonyl (C=O) groups excluding carboxylic acids is 2. The van der Waals surface area contributed by atoms with Crippen LogP contribution in [-0.2, 0) is 19.1 Å². The van der Waals surface area contributed by atoms with Crippen molar-refractivity contribution in [3.8, 4) is 0 Å². The van der Waals surface area contributed by atoms with Gasteiger partial charge in [-0.3, -0.25) is 9.59 Å². The van der Waals surface area contributed by atoms with E-state index < -0.39 is 0 Å². The molecule has 0 fully saturated rings. The number of nitrogens with zero attached hydrogens (tertiary/aromatic N) is 3. The fourth-order valence-corrected chi connectivity index (χ4v) is 1.76. The van der Waals surface area contributed by atoms with Crippen molar-refractivity contribution in [1.29, 1.82) is 0 Å². The monoisotopic (exact) mass is 331 g/mol. The van der Waals surface area contributed by atoms with Crippen molar-refractivity contribution in [3.63, 3.8) is 0 Å². The zero-order chi connectivity index (χ0) is 17.7. The van der Waals surface area contributed by atoms with Crippen molar-refractivity contribution in [2.75, 3.05) is 74.1 Å². The van der Waals surface area contributed by atoms with Crippen LogP contribution >= 0.6 is 0 Å². The first kappa shape index (κ1) is 21.8. The van der Waals surface area contributed by atoms with Crippen LogP contribution in [0.3, 0.4) is 0 Å². The summed E-state index contributed by atoms with van der Waals surface area (Å²) in [5.41, 5.74) is 0. The highest BCUT2D eigenvalue weighted by molar-refractivity contribution is 5.70. The highest BCUT2D eigenvalue weighted by Gasteiger charge is 2.11. The summed E-state index contributed by atoms with van der Waals surface area (Å²) < 4.78 is 10.3. The molecule has 7 heteroatoms. The van der Waals surface area contributed by atoms with Gasteiger partial charge in [0.15, 0.2) is 0 Å². The minimum Gasteiger partial charge on any atom is -0.464 e. The van der Waals surface area contributed by atoms with Gasteiger partial charge < -0.3 is 24.2 Å². The van der Waals surface area contributed by atoms with E-state index in [1.807, 2.05) is 44.9 Å². The van der Waals surface area contributed by atoms with Crippen LogP contribution in [-0.4, -0.2) is 101 Å².